The monoisotopic (exact) mass is 290 g/mol. The van der Waals surface area contributed by atoms with Crippen molar-refractivity contribution in [1.29, 1.82) is 0 Å². The third-order valence-corrected chi connectivity index (χ3v) is 3.85. The van der Waals surface area contributed by atoms with Crippen molar-refractivity contribution in [2.75, 3.05) is 20.1 Å². The molecule has 0 aromatic heterocycles. The third kappa shape index (κ3) is 3.72. The van der Waals surface area contributed by atoms with Gasteiger partial charge < -0.3 is 10.6 Å². The first-order valence-electron chi connectivity index (χ1n) is 7.28. The van der Waals surface area contributed by atoms with Crippen LogP contribution in [0.1, 0.15) is 30.5 Å². The van der Waals surface area contributed by atoms with Gasteiger partial charge in [-0.2, -0.15) is 0 Å². The molecular formula is C17H23ClN2. The Morgan fingerprint density at radius 1 is 1.45 bits per heavy atom. The number of hydrogen-bond donors (Lipinski definition) is 2. The van der Waals surface area contributed by atoms with Gasteiger partial charge in [0.25, 0.3) is 0 Å². The quantitative estimate of drug-likeness (QED) is 0.811. The Morgan fingerprint density at radius 2 is 2.25 bits per heavy atom. The van der Waals surface area contributed by atoms with Crippen molar-refractivity contribution >= 4 is 11.6 Å². The number of benzene rings is 1. The molecule has 3 heteroatoms. The summed E-state index contributed by atoms with van der Waals surface area (Å²) < 4.78 is 0. The number of nitrogens with one attached hydrogen (secondary N) is 2. The maximum Gasteiger partial charge on any atom is 0.0554 e. The lowest BCUT2D eigenvalue weighted by molar-refractivity contribution is 0.546. The number of likely N-dealkylation sites (N-methyl/N-ethyl adjacent to an activating group) is 1. The van der Waals surface area contributed by atoms with Gasteiger partial charge in [-0.15, -0.1) is 0 Å². The molecule has 0 spiro atoms. The molecule has 0 fully saturated rings. The molecule has 0 radical (unpaired) electrons. The second-order valence-electron chi connectivity index (χ2n) is 5.08. The third-order valence-electron chi connectivity index (χ3n) is 3.58. The molecule has 1 unspecified atom stereocenters. The van der Waals surface area contributed by atoms with Gasteiger partial charge in [0.15, 0.2) is 0 Å². The van der Waals surface area contributed by atoms with Crippen LogP contribution in [-0.4, -0.2) is 20.1 Å². The Bertz CT molecular complexity index is 505. The Labute approximate surface area is 126 Å². The van der Waals surface area contributed by atoms with Gasteiger partial charge in [0.2, 0.25) is 0 Å². The molecule has 0 saturated carbocycles. The van der Waals surface area contributed by atoms with Gasteiger partial charge in [-0.3, -0.25) is 0 Å². The highest BCUT2D eigenvalue weighted by Crippen LogP contribution is 2.29. The van der Waals surface area contributed by atoms with Gasteiger partial charge in [0, 0.05) is 18.1 Å². The molecule has 0 aliphatic carbocycles. The molecule has 108 valence electrons. The summed E-state index contributed by atoms with van der Waals surface area (Å²) in [6.45, 7) is 3.94. The summed E-state index contributed by atoms with van der Waals surface area (Å²) in [5.74, 6) is 0. The molecule has 2 rings (SSSR count). The first-order valence-corrected chi connectivity index (χ1v) is 7.66. The molecule has 0 saturated heterocycles. The van der Waals surface area contributed by atoms with Crippen LogP contribution in [0.4, 0.5) is 0 Å². The van der Waals surface area contributed by atoms with Crippen molar-refractivity contribution in [3.63, 3.8) is 0 Å². The van der Waals surface area contributed by atoms with E-state index in [1.165, 1.54) is 16.7 Å². The van der Waals surface area contributed by atoms with Crippen LogP contribution in [-0.2, 0) is 6.42 Å². The predicted molar refractivity (Wildman–Crippen MR) is 87.1 cm³/mol. The summed E-state index contributed by atoms with van der Waals surface area (Å²) >= 11 is 6.29. The van der Waals surface area contributed by atoms with E-state index in [-0.39, 0.29) is 6.04 Å². The highest BCUT2D eigenvalue weighted by atomic mass is 35.5. The van der Waals surface area contributed by atoms with Crippen LogP contribution in [0.5, 0.6) is 0 Å². The van der Waals surface area contributed by atoms with E-state index in [2.05, 4.69) is 47.9 Å². The molecule has 2 nitrogen and oxygen atoms in total. The summed E-state index contributed by atoms with van der Waals surface area (Å²) in [5.41, 5.74) is 4.10. The predicted octanol–water partition coefficient (Wildman–Crippen LogP) is 3.55. The van der Waals surface area contributed by atoms with E-state index < -0.39 is 0 Å². The van der Waals surface area contributed by atoms with Gasteiger partial charge in [0.05, 0.1) is 6.04 Å². The molecule has 1 aromatic rings. The zero-order valence-electron chi connectivity index (χ0n) is 12.2. The van der Waals surface area contributed by atoms with Crippen molar-refractivity contribution in [3.8, 4) is 0 Å². The van der Waals surface area contributed by atoms with Crippen LogP contribution in [0.3, 0.4) is 0 Å². The van der Waals surface area contributed by atoms with Crippen molar-refractivity contribution in [2.45, 2.75) is 25.8 Å². The van der Waals surface area contributed by atoms with E-state index in [1.807, 2.05) is 13.1 Å². The summed E-state index contributed by atoms with van der Waals surface area (Å²) in [5, 5.41) is 7.68. The van der Waals surface area contributed by atoms with Crippen molar-refractivity contribution < 1.29 is 0 Å². The minimum absolute atomic E-state index is 0.256. The lowest BCUT2D eigenvalue weighted by Gasteiger charge is -2.29. The first kappa shape index (κ1) is 15.3. The van der Waals surface area contributed by atoms with E-state index in [1.54, 1.807) is 0 Å². The van der Waals surface area contributed by atoms with E-state index in [0.29, 0.717) is 0 Å². The highest BCUT2D eigenvalue weighted by molar-refractivity contribution is 6.31. The average molecular weight is 291 g/mol. The fourth-order valence-electron chi connectivity index (χ4n) is 2.71. The van der Waals surface area contributed by atoms with Crippen LogP contribution in [0, 0.1) is 0 Å². The Kier molecular flexibility index (Phi) is 5.84. The molecule has 20 heavy (non-hydrogen) atoms. The van der Waals surface area contributed by atoms with Crippen LogP contribution >= 0.6 is 11.6 Å². The van der Waals surface area contributed by atoms with Gasteiger partial charge in [-0.25, -0.2) is 0 Å². The second kappa shape index (κ2) is 7.63. The zero-order chi connectivity index (χ0) is 14.4. The molecule has 0 bridgehead atoms. The average Bonchev–Trinajstić information content (AvgIpc) is 2.46. The highest BCUT2D eigenvalue weighted by Gasteiger charge is 2.22. The fraction of sp³-hybridized carbons (Fsp3) is 0.412. The maximum absolute atomic E-state index is 6.29. The van der Waals surface area contributed by atoms with Gasteiger partial charge in [-0.05, 0) is 42.7 Å². The summed E-state index contributed by atoms with van der Waals surface area (Å²) in [4.78, 5) is 0. The topological polar surface area (TPSA) is 24.1 Å². The second-order valence-corrected chi connectivity index (χ2v) is 5.52. The minimum atomic E-state index is 0.256. The smallest absolute Gasteiger partial charge is 0.0554 e. The number of rotatable bonds is 5. The van der Waals surface area contributed by atoms with Crippen LogP contribution in [0.15, 0.2) is 47.0 Å². The first-order chi connectivity index (χ1) is 9.76. The summed E-state index contributed by atoms with van der Waals surface area (Å²) in [6, 6.07) is 8.93. The Balaban J connectivity index is 2.33. The number of hydrogen-bond acceptors (Lipinski definition) is 2. The lowest BCUT2D eigenvalue weighted by Crippen LogP contribution is -2.33. The molecule has 1 heterocycles. The minimum Gasteiger partial charge on any atom is -0.316 e. The van der Waals surface area contributed by atoms with Crippen LogP contribution in [0.25, 0.3) is 0 Å². The summed E-state index contributed by atoms with van der Waals surface area (Å²) in [6.07, 6.45) is 6.20. The summed E-state index contributed by atoms with van der Waals surface area (Å²) in [7, 11) is 1.97. The van der Waals surface area contributed by atoms with Crippen LogP contribution < -0.4 is 10.6 Å². The van der Waals surface area contributed by atoms with Crippen molar-refractivity contribution in [1.82, 2.24) is 10.6 Å². The zero-order valence-corrected chi connectivity index (χ0v) is 13.0. The standard InChI is InChI=1S/C17H23ClN2/c1-3-6-15(18)11-14(12-19-2)17-16-8-5-4-7-13(16)9-10-20-17/h4-8,11,17,19-20H,3,9-10,12H2,1-2H3/b14-11+,15-6+. The number of fused-ring (bicyclic) bond motifs is 1. The molecule has 1 atom stereocenters. The molecule has 1 aliphatic heterocycles. The van der Waals surface area contributed by atoms with Gasteiger partial charge in [-0.1, -0.05) is 48.9 Å². The Hall–Kier alpha value is -1.09. The van der Waals surface area contributed by atoms with E-state index in [4.69, 9.17) is 11.6 Å². The van der Waals surface area contributed by atoms with Crippen LogP contribution in [0.2, 0.25) is 0 Å². The van der Waals surface area contributed by atoms with Gasteiger partial charge in [0.1, 0.15) is 0 Å². The fourth-order valence-corrected chi connectivity index (χ4v) is 3.00. The lowest BCUT2D eigenvalue weighted by atomic mass is 9.89. The normalized spacial score (nSPS) is 19.9. The number of halogens is 1. The van der Waals surface area contributed by atoms with E-state index in [9.17, 15) is 0 Å². The molecule has 2 N–H and O–H groups in total. The molecule has 1 aromatic carbocycles. The SMILES string of the molecule is CC/C=C(Cl)\C=C(/CNC)C1NCCc2ccccc21. The van der Waals surface area contributed by atoms with E-state index in [0.717, 1.165) is 31.0 Å². The molecular weight excluding hydrogens is 268 g/mol. The molecule has 0 amide bonds. The number of allylic oxidation sites excluding steroid dienone is 3. The Morgan fingerprint density at radius 3 is 3.00 bits per heavy atom. The molecule has 1 aliphatic rings. The van der Waals surface area contributed by atoms with Crippen molar-refractivity contribution in [2.24, 2.45) is 0 Å². The largest absolute Gasteiger partial charge is 0.316 e. The van der Waals surface area contributed by atoms with E-state index >= 15 is 0 Å². The van der Waals surface area contributed by atoms with Gasteiger partial charge >= 0.3 is 0 Å². The van der Waals surface area contributed by atoms with Crippen molar-refractivity contribution in [3.05, 3.63) is 58.1 Å². The maximum atomic E-state index is 6.29.